The number of aromatic nitrogens is 2. The Morgan fingerprint density at radius 3 is 1.00 bits per heavy atom. The van der Waals surface area contributed by atoms with Gasteiger partial charge in [0.2, 0.25) is 0 Å². The van der Waals surface area contributed by atoms with Crippen molar-refractivity contribution in [2.24, 2.45) is 47.3 Å². The van der Waals surface area contributed by atoms with E-state index in [1.165, 1.54) is 185 Å². The van der Waals surface area contributed by atoms with Crippen LogP contribution in [-0.4, -0.2) is 23.2 Å². The monoisotopic (exact) mass is 813 g/mol. The molecule has 334 valence electrons. The molecule has 0 unspecified atom stereocenters. The molecule has 0 saturated heterocycles. The molecule has 2 aromatic heterocycles. The van der Waals surface area contributed by atoms with E-state index in [-0.39, 0.29) is 0 Å². The normalized spacial score (nSPS) is 27.4. The summed E-state index contributed by atoms with van der Waals surface area (Å²) in [5, 5.41) is 0. The van der Waals surface area contributed by atoms with Crippen LogP contribution in [-0.2, 0) is 12.8 Å². The van der Waals surface area contributed by atoms with E-state index < -0.39 is 0 Å². The molecular weight excluding hydrogens is 721 g/mol. The molecule has 2 heterocycles. The molecule has 0 spiro atoms. The van der Waals surface area contributed by atoms with E-state index in [4.69, 9.17) is 9.47 Å². The summed E-state index contributed by atoms with van der Waals surface area (Å²) in [5.74, 6) is 9.94. The second-order valence-electron chi connectivity index (χ2n) is 20.4. The number of hydrogen-bond acceptors (Lipinski definition) is 4. The van der Waals surface area contributed by atoms with Gasteiger partial charge in [-0.2, -0.15) is 0 Å². The van der Waals surface area contributed by atoms with Crippen LogP contribution in [0.25, 0.3) is 0 Å². The summed E-state index contributed by atoms with van der Waals surface area (Å²) >= 11 is 0. The highest BCUT2D eigenvalue weighted by atomic mass is 16.5. The van der Waals surface area contributed by atoms with Crippen molar-refractivity contribution in [3.8, 4) is 11.5 Å². The number of nitrogens with zero attached hydrogens (tertiary/aromatic N) is 2. The van der Waals surface area contributed by atoms with Crippen molar-refractivity contribution in [3.63, 3.8) is 0 Å². The lowest BCUT2D eigenvalue weighted by Gasteiger charge is -2.32. The molecule has 0 aromatic carbocycles. The SMILES string of the molecule is CCCCOc1ccc(CC[C@H]2CC[C@H](CC[C@H]3CC[C@H](CC)CC3)CC2)nc1.CCCCOc1ccc(CC[C@H]2CC[C@H](CC[C@H]3CC[C@H](CCC)CC3)CC2)nc1. The first-order chi connectivity index (χ1) is 29.0. The molecule has 0 bridgehead atoms. The molecule has 4 fully saturated rings. The van der Waals surface area contributed by atoms with E-state index in [1.54, 1.807) is 0 Å². The molecule has 2 aromatic rings. The highest BCUT2D eigenvalue weighted by molar-refractivity contribution is 5.20. The third-order valence-electron chi connectivity index (χ3n) is 15.9. The van der Waals surface area contributed by atoms with Gasteiger partial charge in [-0.05, 0) is 110 Å². The predicted molar refractivity (Wildman–Crippen MR) is 251 cm³/mol. The maximum atomic E-state index is 5.73. The second-order valence-corrected chi connectivity index (χ2v) is 20.4. The van der Waals surface area contributed by atoms with Gasteiger partial charge >= 0.3 is 0 Å². The molecule has 4 heteroatoms. The highest BCUT2D eigenvalue weighted by Gasteiger charge is 2.26. The summed E-state index contributed by atoms with van der Waals surface area (Å²) in [6, 6.07) is 8.54. The van der Waals surface area contributed by atoms with Gasteiger partial charge in [-0.1, -0.05) is 188 Å². The minimum Gasteiger partial charge on any atom is -0.492 e. The Hall–Kier alpha value is -2.10. The summed E-state index contributed by atoms with van der Waals surface area (Å²) in [6.07, 6.45) is 47.5. The van der Waals surface area contributed by atoms with Crippen LogP contribution in [0, 0.1) is 47.3 Å². The number of unbranched alkanes of at least 4 members (excludes halogenated alkanes) is 2. The first-order valence-corrected chi connectivity index (χ1v) is 26.2. The zero-order valence-corrected chi connectivity index (χ0v) is 39.1. The Kier molecular flexibility index (Phi) is 23.2. The minimum atomic E-state index is 0.806. The number of aryl methyl sites for hydroxylation is 2. The van der Waals surface area contributed by atoms with Gasteiger partial charge in [0, 0.05) is 11.4 Å². The molecule has 4 aliphatic rings. The van der Waals surface area contributed by atoms with Crippen molar-refractivity contribution < 1.29 is 9.47 Å². The van der Waals surface area contributed by atoms with Crippen LogP contribution < -0.4 is 9.47 Å². The smallest absolute Gasteiger partial charge is 0.137 e. The molecule has 0 atom stereocenters. The largest absolute Gasteiger partial charge is 0.492 e. The van der Waals surface area contributed by atoms with E-state index in [1.807, 2.05) is 12.4 Å². The molecule has 4 aliphatic carbocycles. The molecule has 59 heavy (non-hydrogen) atoms. The van der Waals surface area contributed by atoms with E-state index in [0.717, 1.165) is 97.7 Å². The third kappa shape index (κ3) is 18.8. The first kappa shape index (κ1) is 47.9. The van der Waals surface area contributed by atoms with E-state index in [2.05, 4.69) is 61.9 Å². The Bertz CT molecular complexity index is 1300. The van der Waals surface area contributed by atoms with Crippen molar-refractivity contribution >= 4 is 0 Å². The van der Waals surface area contributed by atoms with Gasteiger partial charge in [-0.3, -0.25) is 9.97 Å². The summed E-state index contributed by atoms with van der Waals surface area (Å²) < 4.78 is 11.5. The number of hydrogen-bond donors (Lipinski definition) is 0. The van der Waals surface area contributed by atoms with E-state index in [0.29, 0.717) is 0 Å². The van der Waals surface area contributed by atoms with Crippen LogP contribution in [0.4, 0.5) is 0 Å². The molecule has 0 aliphatic heterocycles. The van der Waals surface area contributed by atoms with Crippen molar-refractivity contribution in [1.29, 1.82) is 0 Å². The van der Waals surface area contributed by atoms with Crippen molar-refractivity contribution in [1.82, 2.24) is 9.97 Å². The molecule has 0 N–H and O–H groups in total. The molecule has 6 rings (SSSR count). The van der Waals surface area contributed by atoms with Crippen LogP contribution in [0.5, 0.6) is 11.5 Å². The average Bonchev–Trinajstić information content (AvgIpc) is 3.29. The minimum absolute atomic E-state index is 0.806. The summed E-state index contributed by atoms with van der Waals surface area (Å²) in [6.45, 7) is 10.7. The summed E-state index contributed by atoms with van der Waals surface area (Å²) in [4.78, 5) is 9.25. The maximum absolute atomic E-state index is 5.73. The lowest BCUT2D eigenvalue weighted by Crippen LogP contribution is -2.18. The quantitative estimate of drug-likeness (QED) is 0.105. The van der Waals surface area contributed by atoms with Crippen LogP contribution in [0.15, 0.2) is 36.7 Å². The van der Waals surface area contributed by atoms with Crippen LogP contribution in [0.1, 0.15) is 225 Å². The molecule has 4 nitrogen and oxygen atoms in total. The predicted octanol–water partition coefficient (Wildman–Crippen LogP) is 16.4. The molecule has 0 radical (unpaired) electrons. The van der Waals surface area contributed by atoms with Gasteiger partial charge in [0.15, 0.2) is 0 Å². The number of ether oxygens (including phenoxy) is 2. The lowest BCUT2D eigenvalue weighted by molar-refractivity contribution is 0.209. The maximum Gasteiger partial charge on any atom is 0.137 e. The highest BCUT2D eigenvalue weighted by Crippen LogP contribution is 2.40. The van der Waals surface area contributed by atoms with Gasteiger partial charge < -0.3 is 9.47 Å². The fraction of sp³-hybridized carbons (Fsp3) is 0.818. The lowest BCUT2D eigenvalue weighted by atomic mass is 9.74. The van der Waals surface area contributed by atoms with E-state index >= 15 is 0 Å². The Morgan fingerprint density at radius 1 is 0.390 bits per heavy atom. The van der Waals surface area contributed by atoms with Gasteiger partial charge in [-0.25, -0.2) is 0 Å². The Morgan fingerprint density at radius 2 is 0.712 bits per heavy atom. The van der Waals surface area contributed by atoms with Crippen LogP contribution >= 0.6 is 0 Å². The topological polar surface area (TPSA) is 44.2 Å². The molecule has 0 amide bonds. The summed E-state index contributed by atoms with van der Waals surface area (Å²) in [7, 11) is 0. The van der Waals surface area contributed by atoms with Gasteiger partial charge in [0.05, 0.1) is 25.6 Å². The van der Waals surface area contributed by atoms with Gasteiger partial charge in [-0.15, -0.1) is 0 Å². The van der Waals surface area contributed by atoms with Gasteiger partial charge in [0.1, 0.15) is 11.5 Å². The fourth-order valence-electron chi connectivity index (χ4n) is 11.4. The second kappa shape index (κ2) is 28.5. The summed E-state index contributed by atoms with van der Waals surface area (Å²) in [5.41, 5.74) is 2.47. The molecule has 4 saturated carbocycles. The fourth-order valence-corrected chi connectivity index (χ4v) is 11.4. The number of pyridine rings is 2. The zero-order chi connectivity index (χ0) is 41.3. The van der Waals surface area contributed by atoms with E-state index in [9.17, 15) is 0 Å². The van der Waals surface area contributed by atoms with Crippen molar-refractivity contribution in [3.05, 3.63) is 48.0 Å². The van der Waals surface area contributed by atoms with Crippen molar-refractivity contribution in [2.75, 3.05) is 13.2 Å². The van der Waals surface area contributed by atoms with Crippen LogP contribution in [0.2, 0.25) is 0 Å². The zero-order valence-electron chi connectivity index (χ0n) is 39.1. The Labute approximate surface area is 365 Å². The Balaban J connectivity index is 0.000000224. The first-order valence-electron chi connectivity index (χ1n) is 26.2. The molecular formula is C55H92N2O2. The standard InChI is InChI=1S/C28H47NO.C27H45NO/c1-3-5-21-30-28-20-19-27(29-22-28)18-17-26-15-13-25(14-16-26)12-11-24-9-7-23(6-4-2)8-10-24;1-3-5-20-29-27-19-18-26(28-21-27)17-16-25-14-12-24(13-15-25)11-10-23-8-6-22(4-2)7-9-23/h19-20,22-26H,3-18,21H2,1-2H3;18-19,21-25H,3-17,20H2,1-2H3/t23-,24-,25-,26-;22-,23-,24-,25-. The van der Waals surface area contributed by atoms with Crippen LogP contribution in [0.3, 0.4) is 0 Å². The third-order valence-corrected chi connectivity index (χ3v) is 15.9. The van der Waals surface area contributed by atoms with Gasteiger partial charge in [0.25, 0.3) is 0 Å². The average molecular weight is 813 g/mol. The number of rotatable bonds is 23. The van der Waals surface area contributed by atoms with Crippen molar-refractivity contribution in [2.45, 2.75) is 227 Å².